The molecule has 21 heavy (non-hydrogen) atoms. The number of carbonyl (C=O) groups excluding carboxylic acids is 1. The number of H-pyrrole nitrogens is 1. The Hall–Kier alpha value is -2.38. The number of hydrazine groups is 1. The topological polar surface area (TPSA) is 110 Å². The zero-order valence-electron chi connectivity index (χ0n) is 10.9. The molecule has 1 amide bonds. The van der Waals surface area contributed by atoms with E-state index in [-0.39, 0.29) is 23.9 Å². The molecular weight excluding hydrogens is 296 g/mol. The lowest BCUT2D eigenvalue weighted by molar-refractivity contribution is -0.120. The van der Waals surface area contributed by atoms with Crippen LogP contribution in [0.25, 0.3) is 0 Å². The summed E-state index contributed by atoms with van der Waals surface area (Å²) < 4.78 is 1.27. The van der Waals surface area contributed by atoms with Crippen molar-refractivity contribution in [2.45, 2.75) is 13.0 Å². The van der Waals surface area contributed by atoms with E-state index in [0.29, 0.717) is 0 Å². The molecule has 1 heterocycles. The molecule has 1 aromatic carbocycles. The second-order valence-electron chi connectivity index (χ2n) is 4.38. The fourth-order valence-corrected chi connectivity index (χ4v) is 2.06. The van der Waals surface area contributed by atoms with Crippen LogP contribution in [-0.2, 0) is 17.8 Å². The van der Waals surface area contributed by atoms with Crippen molar-refractivity contribution in [3.63, 3.8) is 0 Å². The maximum Gasteiger partial charge on any atom is 0.328 e. The molecular formula is C13H13ClN4O3. The van der Waals surface area contributed by atoms with Crippen molar-refractivity contribution in [3.8, 4) is 0 Å². The summed E-state index contributed by atoms with van der Waals surface area (Å²) in [7, 11) is 0. The highest BCUT2D eigenvalue weighted by Crippen LogP contribution is 2.11. The molecule has 0 bridgehead atoms. The zero-order valence-corrected chi connectivity index (χ0v) is 11.7. The van der Waals surface area contributed by atoms with E-state index < -0.39 is 11.2 Å². The normalized spacial score (nSPS) is 10.4. The highest BCUT2D eigenvalue weighted by Gasteiger charge is 2.09. The molecule has 0 atom stereocenters. The molecule has 1 aromatic heterocycles. The number of benzene rings is 1. The number of amides is 1. The first kappa shape index (κ1) is 15.0. The quantitative estimate of drug-likeness (QED) is 0.412. The number of aromatic amines is 1. The molecule has 2 aromatic rings. The van der Waals surface area contributed by atoms with Gasteiger partial charge >= 0.3 is 5.69 Å². The van der Waals surface area contributed by atoms with Gasteiger partial charge in [-0.1, -0.05) is 35.9 Å². The second-order valence-corrected chi connectivity index (χ2v) is 4.78. The number of aromatic nitrogens is 2. The van der Waals surface area contributed by atoms with Crippen LogP contribution in [0.4, 0.5) is 0 Å². The Bertz CT molecular complexity index is 781. The van der Waals surface area contributed by atoms with E-state index in [1.807, 2.05) is 0 Å². The molecule has 0 aliphatic carbocycles. The monoisotopic (exact) mass is 308 g/mol. The summed E-state index contributed by atoms with van der Waals surface area (Å²) in [5, 5.41) is -0.0771. The Morgan fingerprint density at radius 2 is 1.95 bits per heavy atom. The number of hydrogen-bond donors (Lipinski definition) is 3. The number of nitrogens with two attached hydrogens (primary N) is 1. The third-order valence-electron chi connectivity index (χ3n) is 2.94. The number of nitrogens with one attached hydrogen (secondary N) is 2. The van der Waals surface area contributed by atoms with Crippen LogP contribution in [0.2, 0.25) is 5.02 Å². The first-order valence-electron chi connectivity index (χ1n) is 6.06. The fourth-order valence-electron chi connectivity index (χ4n) is 1.89. The van der Waals surface area contributed by atoms with E-state index in [1.165, 1.54) is 10.8 Å². The average Bonchev–Trinajstić information content (AvgIpc) is 2.46. The summed E-state index contributed by atoms with van der Waals surface area (Å²) in [4.78, 5) is 36.5. The van der Waals surface area contributed by atoms with Gasteiger partial charge in [0.15, 0.2) is 0 Å². The van der Waals surface area contributed by atoms with Gasteiger partial charge in [0.25, 0.3) is 5.56 Å². The van der Waals surface area contributed by atoms with Crippen LogP contribution >= 0.6 is 11.6 Å². The van der Waals surface area contributed by atoms with Gasteiger partial charge in [0.2, 0.25) is 5.91 Å². The molecule has 0 aliphatic heterocycles. The van der Waals surface area contributed by atoms with Crippen molar-refractivity contribution in [1.29, 1.82) is 0 Å². The summed E-state index contributed by atoms with van der Waals surface area (Å²) >= 11 is 5.71. The molecule has 110 valence electrons. The molecule has 0 aliphatic rings. The molecule has 0 unspecified atom stereocenters. The zero-order chi connectivity index (χ0) is 15.4. The van der Waals surface area contributed by atoms with Crippen LogP contribution in [0, 0.1) is 0 Å². The van der Waals surface area contributed by atoms with Crippen molar-refractivity contribution >= 4 is 17.5 Å². The lowest BCUT2D eigenvalue weighted by atomic mass is 10.0. The summed E-state index contributed by atoms with van der Waals surface area (Å²) in [5.74, 6) is 4.73. The highest BCUT2D eigenvalue weighted by atomic mass is 35.5. The Morgan fingerprint density at radius 3 is 2.62 bits per heavy atom. The smallest absolute Gasteiger partial charge is 0.295 e. The predicted molar refractivity (Wildman–Crippen MR) is 77.9 cm³/mol. The standard InChI is InChI=1S/C13H13ClN4O3/c14-10-7-18(13(21)16-12(10)20)6-9-4-2-1-3-8(9)5-11(19)17-15/h1-4,7H,5-6,15H2,(H,17,19)(H,16,20,21). The largest absolute Gasteiger partial charge is 0.328 e. The van der Waals surface area contributed by atoms with E-state index in [4.69, 9.17) is 17.4 Å². The minimum atomic E-state index is -0.631. The fraction of sp³-hybridized carbons (Fsp3) is 0.154. The summed E-state index contributed by atoms with van der Waals surface area (Å²) in [6.07, 6.45) is 1.36. The molecule has 0 saturated carbocycles. The third kappa shape index (κ3) is 3.59. The summed E-state index contributed by atoms with van der Waals surface area (Å²) in [6.45, 7) is 0.184. The number of halogens is 1. The van der Waals surface area contributed by atoms with E-state index in [2.05, 4.69) is 10.4 Å². The van der Waals surface area contributed by atoms with Gasteiger partial charge in [0.05, 0.1) is 13.0 Å². The Morgan fingerprint density at radius 1 is 1.29 bits per heavy atom. The third-order valence-corrected chi connectivity index (χ3v) is 3.21. The van der Waals surface area contributed by atoms with Crippen molar-refractivity contribution in [2.24, 2.45) is 5.84 Å². The average molecular weight is 309 g/mol. The lowest BCUT2D eigenvalue weighted by Crippen LogP contribution is -2.32. The predicted octanol–water partition coefficient (Wildman–Crippen LogP) is -0.229. The van der Waals surface area contributed by atoms with Gasteiger partial charge in [-0.3, -0.25) is 24.6 Å². The SMILES string of the molecule is NNC(=O)Cc1ccccc1Cn1cc(Cl)c(=O)[nH]c1=O. The molecule has 2 rings (SSSR count). The van der Waals surface area contributed by atoms with Crippen LogP contribution in [0.3, 0.4) is 0 Å². The molecule has 0 spiro atoms. The molecule has 0 saturated heterocycles. The van der Waals surface area contributed by atoms with Gasteiger partial charge in [-0.25, -0.2) is 10.6 Å². The molecule has 4 N–H and O–H groups in total. The Labute approximate surface area is 124 Å². The highest BCUT2D eigenvalue weighted by molar-refractivity contribution is 6.30. The van der Waals surface area contributed by atoms with Gasteiger partial charge in [-0.2, -0.15) is 0 Å². The molecule has 8 heteroatoms. The number of rotatable bonds is 4. The van der Waals surface area contributed by atoms with Gasteiger partial charge in [0.1, 0.15) is 5.02 Å². The van der Waals surface area contributed by atoms with E-state index >= 15 is 0 Å². The lowest BCUT2D eigenvalue weighted by Gasteiger charge is -2.10. The van der Waals surface area contributed by atoms with E-state index in [9.17, 15) is 14.4 Å². The van der Waals surface area contributed by atoms with Gasteiger partial charge in [0, 0.05) is 6.20 Å². The van der Waals surface area contributed by atoms with Crippen molar-refractivity contribution in [1.82, 2.24) is 15.0 Å². The Balaban J connectivity index is 2.36. The van der Waals surface area contributed by atoms with Gasteiger partial charge < -0.3 is 0 Å². The van der Waals surface area contributed by atoms with Crippen LogP contribution in [0.15, 0.2) is 40.1 Å². The minimum absolute atomic E-state index is 0.0771. The number of nitrogens with zero attached hydrogens (tertiary/aromatic N) is 1. The maximum absolute atomic E-state index is 11.7. The van der Waals surface area contributed by atoms with Crippen molar-refractivity contribution in [2.75, 3.05) is 0 Å². The first-order chi connectivity index (χ1) is 10.0. The first-order valence-corrected chi connectivity index (χ1v) is 6.44. The van der Waals surface area contributed by atoms with Crippen molar-refractivity contribution in [3.05, 3.63) is 67.4 Å². The summed E-state index contributed by atoms with van der Waals surface area (Å²) in [5.41, 5.74) is 2.35. The van der Waals surface area contributed by atoms with Crippen LogP contribution in [0.1, 0.15) is 11.1 Å². The molecule has 7 nitrogen and oxygen atoms in total. The van der Waals surface area contributed by atoms with Crippen molar-refractivity contribution < 1.29 is 4.79 Å². The number of carbonyl (C=O) groups is 1. The maximum atomic E-state index is 11.7. The number of hydrogen-bond acceptors (Lipinski definition) is 4. The van der Waals surface area contributed by atoms with E-state index in [1.54, 1.807) is 24.3 Å². The second kappa shape index (κ2) is 6.38. The Kier molecular flexibility index (Phi) is 4.56. The van der Waals surface area contributed by atoms with Gasteiger partial charge in [-0.05, 0) is 11.1 Å². The van der Waals surface area contributed by atoms with Crippen LogP contribution in [0.5, 0.6) is 0 Å². The van der Waals surface area contributed by atoms with Crippen LogP contribution < -0.4 is 22.5 Å². The molecule has 0 radical (unpaired) electrons. The molecule has 0 fully saturated rings. The van der Waals surface area contributed by atoms with E-state index in [0.717, 1.165) is 11.1 Å². The minimum Gasteiger partial charge on any atom is -0.295 e. The van der Waals surface area contributed by atoms with Gasteiger partial charge in [-0.15, -0.1) is 0 Å². The summed E-state index contributed by atoms with van der Waals surface area (Å²) in [6, 6.07) is 7.12. The van der Waals surface area contributed by atoms with Crippen LogP contribution in [-0.4, -0.2) is 15.5 Å².